The summed E-state index contributed by atoms with van der Waals surface area (Å²) in [5, 5.41) is 3.48. The van der Waals surface area contributed by atoms with Gasteiger partial charge in [0.2, 0.25) is 0 Å². The molecule has 8 heteroatoms. The van der Waals surface area contributed by atoms with E-state index in [-0.39, 0.29) is 30.4 Å². The standard InChI is InChI=1S/C14H22F2N4.2ClH/c15-13(16)20-9-7-18-12(20)10-19-8-6-17-11-14(19)4-2-1-3-5-14;;/h7,9,13,17H,1-6,8,10-11H2;2*1H. The van der Waals surface area contributed by atoms with Gasteiger partial charge in [-0.1, -0.05) is 19.3 Å². The van der Waals surface area contributed by atoms with E-state index >= 15 is 0 Å². The topological polar surface area (TPSA) is 33.1 Å². The van der Waals surface area contributed by atoms with Gasteiger partial charge in [0, 0.05) is 37.6 Å². The molecule has 3 rings (SSSR count). The zero-order valence-electron chi connectivity index (χ0n) is 12.5. The number of imidazole rings is 1. The number of hydrogen-bond acceptors (Lipinski definition) is 3. The SMILES string of the molecule is Cl.Cl.FC(F)n1ccnc1CN1CCNCC12CCCCC2. The summed E-state index contributed by atoms with van der Waals surface area (Å²) >= 11 is 0. The van der Waals surface area contributed by atoms with Crippen molar-refractivity contribution in [1.82, 2.24) is 19.8 Å². The number of alkyl halides is 2. The van der Waals surface area contributed by atoms with E-state index in [2.05, 4.69) is 15.2 Å². The van der Waals surface area contributed by atoms with Crippen LogP contribution in [0.5, 0.6) is 0 Å². The van der Waals surface area contributed by atoms with Gasteiger partial charge in [-0.25, -0.2) is 4.98 Å². The molecule has 4 nitrogen and oxygen atoms in total. The lowest BCUT2D eigenvalue weighted by atomic mass is 9.79. The lowest BCUT2D eigenvalue weighted by molar-refractivity contribution is 0.0114. The van der Waals surface area contributed by atoms with E-state index in [9.17, 15) is 8.78 Å². The van der Waals surface area contributed by atoms with Crippen LogP contribution < -0.4 is 5.32 Å². The molecule has 0 amide bonds. The van der Waals surface area contributed by atoms with Crippen LogP contribution in [-0.4, -0.2) is 39.6 Å². The van der Waals surface area contributed by atoms with Crippen LogP contribution >= 0.6 is 24.8 Å². The van der Waals surface area contributed by atoms with Crippen LogP contribution in [0.4, 0.5) is 8.78 Å². The molecule has 1 aliphatic heterocycles. The lowest BCUT2D eigenvalue weighted by Gasteiger charge is -2.49. The summed E-state index contributed by atoms with van der Waals surface area (Å²) in [7, 11) is 0. The predicted octanol–water partition coefficient (Wildman–Crippen LogP) is 3.23. The van der Waals surface area contributed by atoms with Crippen molar-refractivity contribution in [2.24, 2.45) is 0 Å². The smallest absolute Gasteiger partial charge is 0.314 e. The Morgan fingerprint density at radius 1 is 1.23 bits per heavy atom. The van der Waals surface area contributed by atoms with E-state index in [0.717, 1.165) is 37.0 Å². The summed E-state index contributed by atoms with van der Waals surface area (Å²) in [6.45, 7) is 0.840. The van der Waals surface area contributed by atoms with Gasteiger partial charge in [-0.15, -0.1) is 24.8 Å². The third-order valence-corrected chi connectivity index (χ3v) is 4.76. The van der Waals surface area contributed by atoms with Crippen molar-refractivity contribution < 1.29 is 8.78 Å². The first-order valence-electron chi connectivity index (χ1n) is 7.47. The van der Waals surface area contributed by atoms with Crippen molar-refractivity contribution in [3.8, 4) is 0 Å². The molecule has 1 aromatic rings. The van der Waals surface area contributed by atoms with Gasteiger partial charge < -0.3 is 5.32 Å². The van der Waals surface area contributed by atoms with E-state index in [4.69, 9.17) is 0 Å². The Kier molecular flexibility index (Phi) is 7.52. The van der Waals surface area contributed by atoms with Gasteiger partial charge in [-0.3, -0.25) is 9.47 Å². The molecule has 0 radical (unpaired) electrons. The summed E-state index contributed by atoms with van der Waals surface area (Å²) in [5.41, 5.74) is 0.148. The molecule has 1 N–H and O–H groups in total. The first kappa shape index (κ1) is 19.6. The highest BCUT2D eigenvalue weighted by Crippen LogP contribution is 2.35. The number of halogens is 4. The van der Waals surface area contributed by atoms with Gasteiger partial charge in [-0.05, 0) is 12.8 Å². The van der Waals surface area contributed by atoms with E-state index in [1.54, 1.807) is 0 Å². The zero-order valence-corrected chi connectivity index (χ0v) is 14.1. The normalized spacial score (nSPS) is 21.4. The van der Waals surface area contributed by atoms with Crippen molar-refractivity contribution in [3.63, 3.8) is 0 Å². The Morgan fingerprint density at radius 2 is 1.95 bits per heavy atom. The molecule has 2 aliphatic rings. The van der Waals surface area contributed by atoms with Gasteiger partial charge >= 0.3 is 6.55 Å². The second kappa shape index (κ2) is 8.43. The molecule has 128 valence electrons. The minimum Gasteiger partial charge on any atom is -0.314 e. The predicted molar refractivity (Wildman–Crippen MR) is 87.1 cm³/mol. The largest absolute Gasteiger partial charge is 0.319 e. The molecule has 0 unspecified atom stereocenters. The highest BCUT2D eigenvalue weighted by atomic mass is 35.5. The number of hydrogen-bond donors (Lipinski definition) is 1. The Hall–Kier alpha value is -0.430. The average Bonchev–Trinajstić information content (AvgIpc) is 2.91. The minimum atomic E-state index is -2.50. The molecule has 1 saturated heterocycles. The molecule has 0 atom stereocenters. The van der Waals surface area contributed by atoms with Gasteiger partial charge in [0.15, 0.2) is 0 Å². The Labute approximate surface area is 142 Å². The highest BCUT2D eigenvalue weighted by Gasteiger charge is 2.40. The molecule has 0 bridgehead atoms. The summed E-state index contributed by atoms with van der Waals surface area (Å²) in [6, 6.07) is 0. The van der Waals surface area contributed by atoms with E-state index in [1.165, 1.54) is 31.7 Å². The summed E-state index contributed by atoms with van der Waals surface area (Å²) in [6.07, 6.45) is 8.93. The Bertz CT molecular complexity index is 442. The maximum Gasteiger partial charge on any atom is 0.319 e. The Morgan fingerprint density at radius 3 is 2.64 bits per heavy atom. The summed E-state index contributed by atoms with van der Waals surface area (Å²) < 4.78 is 26.9. The molecule has 1 spiro atoms. The quantitative estimate of drug-likeness (QED) is 0.902. The number of rotatable bonds is 3. The number of piperazine rings is 1. The average molecular weight is 357 g/mol. The first-order valence-corrected chi connectivity index (χ1v) is 7.47. The molecule has 1 saturated carbocycles. The fourth-order valence-electron chi connectivity index (χ4n) is 3.65. The molecule has 0 aromatic carbocycles. The molecular formula is C14H24Cl2F2N4. The minimum absolute atomic E-state index is 0. The van der Waals surface area contributed by atoms with Gasteiger partial charge in [0.1, 0.15) is 5.82 Å². The van der Waals surface area contributed by atoms with Crippen molar-refractivity contribution >= 4 is 24.8 Å². The van der Waals surface area contributed by atoms with Crippen molar-refractivity contribution in [2.75, 3.05) is 19.6 Å². The summed E-state index contributed by atoms with van der Waals surface area (Å²) in [4.78, 5) is 6.51. The van der Waals surface area contributed by atoms with E-state index in [0.29, 0.717) is 12.4 Å². The molecule has 1 aliphatic carbocycles. The van der Waals surface area contributed by atoms with Crippen LogP contribution in [0.3, 0.4) is 0 Å². The molecular weight excluding hydrogens is 333 g/mol. The number of aromatic nitrogens is 2. The van der Waals surface area contributed by atoms with Crippen LogP contribution in [0.2, 0.25) is 0 Å². The molecule has 2 fully saturated rings. The van der Waals surface area contributed by atoms with Gasteiger partial charge in [0.05, 0.1) is 6.54 Å². The van der Waals surface area contributed by atoms with Crippen LogP contribution in [0, 0.1) is 0 Å². The van der Waals surface area contributed by atoms with Crippen molar-refractivity contribution in [2.45, 2.75) is 50.7 Å². The highest BCUT2D eigenvalue weighted by molar-refractivity contribution is 5.85. The maximum absolute atomic E-state index is 12.9. The molecule has 22 heavy (non-hydrogen) atoms. The fraction of sp³-hybridized carbons (Fsp3) is 0.786. The molecule has 2 heterocycles. The monoisotopic (exact) mass is 356 g/mol. The third-order valence-electron chi connectivity index (χ3n) is 4.76. The summed E-state index contributed by atoms with van der Waals surface area (Å²) in [5.74, 6) is 0.479. The van der Waals surface area contributed by atoms with Crippen LogP contribution in [0.25, 0.3) is 0 Å². The van der Waals surface area contributed by atoms with Gasteiger partial charge in [-0.2, -0.15) is 8.78 Å². The second-order valence-corrected chi connectivity index (χ2v) is 5.91. The van der Waals surface area contributed by atoms with Crippen LogP contribution in [0.1, 0.15) is 44.5 Å². The Balaban J connectivity index is 0.00000121. The zero-order chi connectivity index (χ0) is 14.0. The van der Waals surface area contributed by atoms with E-state index in [1.807, 2.05) is 0 Å². The van der Waals surface area contributed by atoms with Crippen LogP contribution in [-0.2, 0) is 6.54 Å². The van der Waals surface area contributed by atoms with Crippen LogP contribution in [0.15, 0.2) is 12.4 Å². The fourth-order valence-corrected chi connectivity index (χ4v) is 3.65. The maximum atomic E-state index is 12.9. The van der Waals surface area contributed by atoms with Crippen molar-refractivity contribution in [3.05, 3.63) is 18.2 Å². The molecule has 1 aromatic heterocycles. The van der Waals surface area contributed by atoms with Crippen molar-refractivity contribution in [1.29, 1.82) is 0 Å². The second-order valence-electron chi connectivity index (χ2n) is 5.91. The lowest BCUT2D eigenvalue weighted by Crippen LogP contribution is -2.61. The first-order chi connectivity index (χ1) is 9.71. The number of nitrogens with zero attached hydrogens (tertiary/aromatic N) is 3. The number of nitrogens with one attached hydrogen (secondary N) is 1. The van der Waals surface area contributed by atoms with Gasteiger partial charge in [0.25, 0.3) is 0 Å². The van der Waals surface area contributed by atoms with E-state index < -0.39 is 6.55 Å². The third kappa shape index (κ3) is 3.91.